The molecule has 2 saturated heterocycles. The molecule has 0 aliphatic carbocycles. The topological polar surface area (TPSA) is 21.8 Å². The van der Waals surface area contributed by atoms with Crippen molar-refractivity contribution in [3.05, 3.63) is 0 Å². The van der Waals surface area contributed by atoms with Gasteiger partial charge in [0.15, 0.2) is 0 Å². The van der Waals surface area contributed by atoms with Gasteiger partial charge in [0.05, 0.1) is 0 Å². The Hall–Kier alpha value is -0.160. The zero-order valence-electron chi connectivity index (χ0n) is 13.3. The highest BCUT2D eigenvalue weighted by atomic mass is 15.3. The molecule has 0 aromatic heterocycles. The second-order valence-electron chi connectivity index (χ2n) is 6.89. The normalized spacial score (nSPS) is 29.2. The summed E-state index contributed by atoms with van der Waals surface area (Å²) in [7, 11) is 4.33. The number of hydrogen-bond acceptors (Lipinski definition) is 4. The van der Waals surface area contributed by atoms with Gasteiger partial charge in [-0.3, -0.25) is 9.80 Å². The summed E-state index contributed by atoms with van der Waals surface area (Å²) in [6.45, 7) is 13.4. The van der Waals surface area contributed by atoms with E-state index in [2.05, 4.69) is 48.0 Å². The number of piperazine rings is 1. The van der Waals surface area contributed by atoms with Crippen molar-refractivity contribution >= 4 is 0 Å². The maximum absolute atomic E-state index is 3.46. The van der Waals surface area contributed by atoms with Gasteiger partial charge in [0.25, 0.3) is 0 Å². The van der Waals surface area contributed by atoms with E-state index in [1.54, 1.807) is 0 Å². The van der Waals surface area contributed by atoms with Crippen molar-refractivity contribution in [1.82, 2.24) is 20.0 Å². The summed E-state index contributed by atoms with van der Waals surface area (Å²) in [5, 5.41) is 3.46. The smallest absolute Gasteiger partial charge is 0.0309 e. The van der Waals surface area contributed by atoms with Crippen LogP contribution in [0, 0.1) is 0 Å². The third-order valence-electron chi connectivity index (χ3n) is 4.93. The molecule has 4 nitrogen and oxygen atoms in total. The SMILES string of the molecule is CN(C)CCCN1CCC(N2CCNCC2)C1(C)C. The fraction of sp³-hybridized carbons (Fsp3) is 1.00. The molecule has 2 rings (SSSR count). The molecule has 4 heteroatoms. The van der Waals surface area contributed by atoms with E-state index in [9.17, 15) is 0 Å². The van der Waals surface area contributed by atoms with Crippen LogP contribution in [0.15, 0.2) is 0 Å². The van der Waals surface area contributed by atoms with E-state index in [1.807, 2.05) is 0 Å². The number of hydrogen-bond donors (Lipinski definition) is 1. The van der Waals surface area contributed by atoms with Crippen LogP contribution >= 0.6 is 0 Å². The Balaban J connectivity index is 1.86. The molecule has 0 saturated carbocycles. The Bertz CT molecular complexity index is 271. The molecule has 1 N–H and O–H groups in total. The third-order valence-corrected chi connectivity index (χ3v) is 4.93. The van der Waals surface area contributed by atoms with Gasteiger partial charge >= 0.3 is 0 Å². The lowest BCUT2D eigenvalue weighted by molar-refractivity contribution is 0.0709. The van der Waals surface area contributed by atoms with Crippen molar-refractivity contribution in [2.45, 2.75) is 38.3 Å². The highest BCUT2D eigenvalue weighted by molar-refractivity contribution is 5.01. The van der Waals surface area contributed by atoms with Crippen molar-refractivity contribution in [3.63, 3.8) is 0 Å². The summed E-state index contributed by atoms with van der Waals surface area (Å²) < 4.78 is 0. The second kappa shape index (κ2) is 6.53. The molecule has 19 heavy (non-hydrogen) atoms. The molecular weight excluding hydrogens is 236 g/mol. The van der Waals surface area contributed by atoms with Crippen LogP contribution in [0.3, 0.4) is 0 Å². The fourth-order valence-corrected chi connectivity index (χ4v) is 3.73. The van der Waals surface area contributed by atoms with Crippen molar-refractivity contribution in [1.29, 1.82) is 0 Å². The molecule has 0 aromatic rings. The van der Waals surface area contributed by atoms with Gasteiger partial charge in [0.1, 0.15) is 0 Å². The number of rotatable bonds is 5. The van der Waals surface area contributed by atoms with Gasteiger partial charge in [-0.15, -0.1) is 0 Å². The van der Waals surface area contributed by atoms with E-state index >= 15 is 0 Å². The van der Waals surface area contributed by atoms with Crippen LogP contribution in [-0.4, -0.2) is 86.2 Å². The van der Waals surface area contributed by atoms with Gasteiger partial charge < -0.3 is 10.2 Å². The van der Waals surface area contributed by atoms with Crippen molar-refractivity contribution in [2.75, 3.05) is 59.9 Å². The highest BCUT2D eigenvalue weighted by Gasteiger charge is 2.43. The summed E-state index contributed by atoms with van der Waals surface area (Å²) in [5.74, 6) is 0. The standard InChI is InChI=1S/C15H32N4/c1-15(2)14(18-12-7-16-8-13-18)6-11-19(15)10-5-9-17(3)4/h14,16H,5-13H2,1-4H3. The molecule has 112 valence electrons. The average Bonchev–Trinajstić information content (AvgIpc) is 2.66. The van der Waals surface area contributed by atoms with E-state index in [0.29, 0.717) is 5.54 Å². The Labute approximate surface area is 119 Å². The molecule has 0 radical (unpaired) electrons. The predicted octanol–water partition coefficient (Wildman–Crippen LogP) is 0.696. The largest absolute Gasteiger partial charge is 0.314 e. The highest BCUT2D eigenvalue weighted by Crippen LogP contribution is 2.32. The first-order valence-corrected chi connectivity index (χ1v) is 7.86. The zero-order chi connectivity index (χ0) is 13.9. The quantitative estimate of drug-likeness (QED) is 0.792. The predicted molar refractivity (Wildman–Crippen MR) is 81.7 cm³/mol. The Kier molecular flexibility index (Phi) is 5.23. The lowest BCUT2D eigenvalue weighted by Gasteiger charge is -2.43. The average molecular weight is 268 g/mol. The van der Waals surface area contributed by atoms with Gasteiger partial charge in [-0.05, 0) is 53.9 Å². The molecule has 0 spiro atoms. The number of nitrogens with zero attached hydrogens (tertiary/aromatic N) is 3. The van der Waals surface area contributed by atoms with Crippen molar-refractivity contribution < 1.29 is 0 Å². The minimum absolute atomic E-state index is 0.337. The molecule has 2 heterocycles. The molecule has 0 bridgehead atoms. The van der Waals surface area contributed by atoms with E-state index in [1.165, 1.54) is 45.6 Å². The fourth-order valence-electron chi connectivity index (χ4n) is 3.73. The van der Waals surface area contributed by atoms with Crippen LogP contribution in [0.2, 0.25) is 0 Å². The summed E-state index contributed by atoms with van der Waals surface area (Å²) in [6.07, 6.45) is 2.62. The molecule has 2 aliphatic heterocycles. The molecule has 0 amide bonds. The Morgan fingerprint density at radius 2 is 1.84 bits per heavy atom. The molecule has 2 aliphatic rings. The van der Waals surface area contributed by atoms with Crippen LogP contribution in [0.25, 0.3) is 0 Å². The first kappa shape index (κ1) is 15.2. The molecule has 1 unspecified atom stereocenters. The number of likely N-dealkylation sites (tertiary alicyclic amines) is 1. The van der Waals surface area contributed by atoms with Gasteiger partial charge in [-0.25, -0.2) is 0 Å². The summed E-state index contributed by atoms with van der Waals surface area (Å²) in [4.78, 5) is 7.71. The maximum Gasteiger partial charge on any atom is 0.0309 e. The van der Waals surface area contributed by atoms with Crippen molar-refractivity contribution in [3.8, 4) is 0 Å². The third kappa shape index (κ3) is 3.69. The number of nitrogens with one attached hydrogen (secondary N) is 1. The van der Waals surface area contributed by atoms with Crippen LogP contribution in [0.4, 0.5) is 0 Å². The lowest BCUT2D eigenvalue weighted by atomic mass is 9.93. The van der Waals surface area contributed by atoms with Gasteiger partial charge in [0.2, 0.25) is 0 Å². The van der Waals surface area contributed by atoms with Crippen LogP contribution in [0.5, 0.6) is 0 Å². The van der Waals surface area contributed by atoms with E-state index in [4.69, 9.17) is 0 Å². The first-order chi connectivity index (χ1) is 9.01. The molecule has 0 aromatic carbocycles. The summed E-state index contributed by atoms with van der Waals surface area (Å²) in [5.41, 5.74) is 0.337. The van der Waals surface area contributed by atoms with Crippen LogP contribution in [-0.2, 0) is 0 Å². The zero-order valence-corrected chi connectivity index (χ0v) is 13.3. The monoisotopic (exact) mass is 268 g/mol. The molecule has 1 atom stereocenters. The minimum Gasteiger partial charge on any atom is -0.314 e. The molecule has 2 fully saturated rings. The van der Waals surface area contributed by atoms with Crippen LogP contribution < -0.4 is 5.32 Å². The van der Waals surface area contributed by atoms with Gasteiger partial charge in [0, 0.05) is 44.3 Å². The first-order valence-electron chi connectivity index (χ1n) is 7.86. The van der Waals surface area contributed by atoms with E-state index in [0.717, 1.165) is 19.1 Å². The minimum atomic E-state index is 0.337. The lowest BCUT2D eigenvalue weighted by Crippen LogP contribution is -2.57. The van der Waals surface area contributed by atoms with Gasteiger partial charge in [-0.1, -0.05) is 0 Å². The Morgan fingerprint density at radius 1 is 1.16 bits per heavy atom. The maximum atomic E-state index is 3.46. The second-order valence-corrected chi connectivity index (χ2v) is 6.89. The summed E-state index contributed by atoms with van der Waals surface area (Å²) >= 11 is 0. The Morgan fingerprint density at radius 3 is 2.47 bits per heavy atom. The van der Waals surface area contributed by atoms with E-state index < -0.39 is 0 Å². The molecular formula is C15H32N4. The van der Waals surface area contributed by atoms with Gasteiger partial charge in [-0.2, -0.15) is 0 Å². The van der Waals surface area contributed by atoms with Crippen molar-refractivity contribution in [2.24, 2.45) is 0 Å². The summed E-state index contributed by atoms with van der Waals surface area (Å²) in [6, 6.07) is 0.744. The van der Waals surface area contributed by atoms with E-state index in [-0.39, 0.29) is 0 Å². The van der Waals surface area contributed by atoms with Crippen LogP contribution in [0.1, 0.15) is 26.7 Å².